The maximum Gasteiger partial charge on any atom is 0.231 e. The van der Waals surface area contributed by atoms with Crippen molar-refractivity contribution in [1.29, 1.82) is 0 Å². The van der Waals surface area contributed by atoms with E-state index in [0.29, 0.717) is 43.0 Å². The van der Waals surface area contributed by atoms with Gasteiger partial charge in [-0.15, -0.1) is 0 Å². The molecule has 0 bridgehead atoms. The van der Waals surface area contributed by atoms with Gasteiger partial charge in [0, 0.05) is 32.4 Å². The number of pyridine rings is 1. The third-order valence-electron chi connectivity index (χ3n) is 4.74. The second-order valence-corrected chi connectivity index (χ2v) is 6.95. The molecule has 1 aliphatic rings. The van der Waals surface area contributed by atoms with E-state index in [4.69, 9.17) is 18.9 Å². The zero-order valence-corrected chi connectivity index (χ0v) is 18.1. The fraction of sp³-hybridized carbons (Fsp3) is 0.250. The Kier molecular flexibility index (Phi) is 6.91. The van der Waals surface area contributed by atoms with Crippen LogP contribution in [0.25, 0.3) is 0 Å². The number of aliphatic imine (C=N–C) groups is 1. The number of aromatic nitrogens is 1. The lowest BCUT2D eigenvalue weighted by atomic mass is 10.2. The van der Waals surface area contributed by atoms with Gasteiger partial charge in [0.15, 0.2) is 29.0 Å². The third-order valence-corrected chi connectivity index (χ3v) is 4.74. The molecule has 8 heteroatoms. The van der Waals surface area contributed by atoms with Crippen LogP contribution in [-0.2, 0) is 13.1 Å². The highest BCUT2D eigenvalue weighted by molar-refractivity contribution is 5.79. The van der Waals surface area contributed by atoms with Crippen molar-refractivity contribution < 1.29 is 18.9 Å². The lowest BCUT2D eigenvalue weighted by Gasteiger charge is -2.13. The van der Waals surface area contributed by atoms with Crippen molar-refractivity contribution in [3.63, 3.8) is 0 Å². The summed E-state index contributed by atoms with van der Waals surface area (Å²) >= 11 is 0. The quantitative estimate of drug-likeness (QED) is 0.411. The molecule has 0 fully saturated rings. The van der Waals surface area contributed by atoms with E-state index in [1.54, 1.807) is 13.2 Å². The summed E-state index contributed by atoms with van der Waals surface area (Å²) in [5, 5.41) is 6.58. The predicted molar refractivity (Wildman–Crippen MR) is 122 cm³/mol. The van der Waals surface area contributed by atoms with Crippen molar-refractivity contribution in [2.75, 3.05) is 20.4 Å². The van der Waals surface area contributed by atoms with Crippen LogP contribution in [0.15, 0.2) is 65.8 Å². The molecule has 0 radical (unpaired) electrons. The van der Waals surface area contributed by atoms with Crippen LogP contribution >= 0.6 is 0 Å². The number of para-hydroxylation sites is 2. The van der Waals surface area contributed by atoms with Gasteiger partial charge in [-0.25, -0.2) is 4.98 Å². The van der Waals surface area contributed by atoms with Gasteiger partial charge < -0.3 is 29.6 Å². The van der Waals surface area contributed by atoms with Crippen molar-refractivity contribution in [3.8, 4) is 28.9 Å². The fourth-order valence-corrected chi connectivity index (χ4v) is 3.14. The Morgan fingerprint density at radius 2 is 1.72 bits per heavy atom. The van der Waals surface area contributed by atoms with Crippen LogP contribution in [0.3, 0.4) is 0 Å². The van der Waals surface area contributed by atoms with Crippen molar-refractivity contribution in [2.24, 2.45) is 4.99 Å². The van der Waals surface area contributed by atoms with Gasteiger partial charge in [0.05, 0.1) is 6.61 Å². The molecule has 0 atom stereocenters. The summed E-state index contributed by atoms with van der Waals surface area (Å²) in [4.78, 5) is 8.67. The fourth-order valence-electron chi connectivity index (χ4n) is 3.14. The van der Waals surface area contributed by atoms with Gasteiger partial charge in [-0.1, -0.05) is 24.3 Å². The third kappa shape index (κ3) is 5.40. The summed E-state index contributed by atoms with van der Waals surface area (Å²) < 4.78 is 22.2. The first-order chi connectivity index (χ1) is 15.7. The lowest BCUT2D eigenvalue weighted by Crippen LogP contribution is -2.36. The highest BCUT2D eigenvalue weighted by atomic mass is 16.7. The Balaban J connectivity index is 1.28. The van der Waals surface area contributed by atoms with Crippen LogP contribution in [0.1, 0.15) is 18.1 Å². The normalized spacial score (nSPS) is 12.4. The lowest BCUT2D eigenvalue weighted by molar-refractivity contribution is 0.174. The van der Waals surface area contributed by atoms with Crippen molar-refractivity contribution in [3.05, 3.63) is 71.9 Å². The van der Waals surface area contributed by atoms with Gasteiger partial charge in [-0.05, 0) is 42.3 Å². The summed E-state index contributed by atoms with van der Waals surface area (Å²) in [6.07, 6.45) is 1.77. The minimum Gasteiger partial charge on any atom is -0.490 e. The first kappa shape index (κ1) is 21.3. The number of hydrogen-bond donors (Lipinski definition) is 2. The number of fused-ring (bicyclic) bond motifs is 1. The number of nitrogens with one attached hydrogen (secondary N) is 2. The van der Waals surface area contributed by atoms with E-state index in [1.165, 1.54) is 0 Å². The van der Waals surface area contributed by atoms with Crippen LogP contribution < -0.4 is 29.6 Å². The molecule has 3 aromatic rings. The summed E-state index contributed by atoms with van der Waals surface area (Å²) in [7, 11) is 1.74. The monoisotopic (exact) mass is 434 g/mol. The highest BCUT2D eigenvalue weighted by Gasteiger charge is 2.13. The molecular formula is C24H26N4O4. The van der Waals surface area contributed by atoms with E-state index >= 15 is 0 Å². The number of ether oxygens (including phenoxy) is 4. The molecule has 0 unspecified atom stereocenters. The van der Waals surface area contributed by atoms with Crippen LogP contribution in [-0.4, -0.2) is 31.4 Å². The number of hydrogen-bond acceptors (Lipinski definition) is 6. The Hall–Kier alpha value is -3.94. The highest BCUT2D eigenvalue weighted by Crippen LogP contribution is 2.32. The molecule has 2 aromatic carbocycles. The zero-order chi connectivity index (χ0) is 22.2. The van der Waals surface area contributed by atoms with Crippen molar-refractivity contribution in [1.82, 2.24) is 15.6 Å². The van der Waals surface area contributed by atoms with Gasteiger partial charge in [0.2, 0.25) is 12.7 Å². The zero-order valence-electron chi connectivity index (χ0n) is 18.1. The first-order valence-electron chi connectivity index (χ1n) is 10.4. The molecule has 0 saturated heterocycles. The molecule has 166 valence electrons. The number of rotatable bonds is 8. The number of benzene rings is 2. The smallest absolute Gasteiger partial charge is 0.231 e. The Morgan fingerprint density at radius 3 is 2.47 bits per heavy atom. The maximum atomic E-state index is 5.87. The molecule has 1 aliphatic heterocycles. The predicted octanol–water partition coefficient (Wildman–Crippen LogP) is 3.87. The van der Waals surface area contributed by atoms with E-state index in [-0.39, 0.29) is 6.79 Å². The van der Waals surface area contributed by atoms with Crippen LogP contribution in [0, 0.1) is 0 Å². The second kappa shape index (κ2) is 10.4. The molecule has 8 nitrogen and oxygen atoms in total. The molecule has 2 heterocycles. The van der Waals surface area contributed by atoms with Gasteiger partial charge in [-0.3, -0.25) is 4.99 Å². The van der Waals surface area contributed by atoms with Gasteiger partial charge in [0.25, 0.3) is 0 Å². The van der Waals surface area contributed by atoms with Crippen LogP contribution in [0.2, 0.25) is 0 Å². The Bertz CT molecular complexity index is 1070. The molecule has 2 N–H and O–H groups in total. The summed E-state index contributed by atoms with van der Waals surface area (Å²) in [6.45, 7) is 3.97. The van der Waals surface area contributed by atoms with E-state index in [2.05, 4.69) is 20.6 Å². The SMILES string of the molecule is CCOc1ccccc1Oc1ccc(CNC(=NC)NCc2ccc3c(c2)OCO3)cn1. The van der Waals surface area contributed by atoms with E-state index in [0.717, 1.165) is 22.6 Å². The largest absolute Gasteiger partial charge is 0.490 e. The van der Waals surface area contributed by atoms with E-state index < -0.39 is 0 Å². The number of nitrogens with zero attached hydrogens (tertiary/aromatic N) is 2. The summed E-state index contributed by atoms with van der Waals surface area (Å²) in [5.41, 5.74) is 2.08. The van der Waals surface area contributed by atoms with Gasteiger partial charge in [-0.2, -0.15) is 0 Å². The van der Waals surface area contributed by atoms with Crippen LogP contribution in [0.4, 0.5) is 0 Å². The van der Waals surface area contributed by atoms with E-state index in [9.17, 15) is 0 Å². The summed E-state index contributed by atoms with van der Waals surface area (Å²) in [5.74, 6) is 4.07. The van der Waals surface area contributed by atoms with Crippen LogP contribution in [0.5, 0.6) is 28.9 Å². The maximum absolute atomic E-state index is 5.87. The second-order valence-electron chi connectivity index (χ2n) is 6.95. The Morgan fingerprint density at radius 1 is 0.969 bits per heavy atom. The molecule has 1 aromatic heterocycles. The average molecular weight is 434 g/mol. The number of guanidine groups is 1. The first-order valence-corrected chi connectivity index (χ1v) is 10.4. The molecule has 0 aliphatic carbocycles. The average Bonchev–Trinajstić information content (AvgIpc) is 3.30. The van der Waals surface area contributed by atoms with E-state index in [1.807, 2.05) is 61.5 Å². The molecule has 4 rings (SSSR count). The Labute approximate surface area is 187 Å². The minimum atomic E-state index is 0.270. The topological polar surface area (TPSA) is 86.2 Å². The van der Waals surface area contributed by atoms with Gasteiger partial charge in [0.1, 0.15) is 0 Å². The summed E-state index contributed by atoms with van der Waals surface area (Å²) in [6, 6.07) is 17.2. The molecule has 32 heavy (non-hydrogen) atoms. The molecule has 0 spiro atoms. The van der Waals surface area contributed by atoms with Crippen molar-refractivity contribution in [2.45, 2.75) is 20.0 Å². The van der Waals surface area contributed by atoms with Gasteiger partial charge >= 0.3 is 0 Å². The molecular weight excluding hydrogens is 408 g/mol. The minimum absolute atomic E-state index is 0.270. The molecule has 0 saturated carbocycles. The molecule has 0 amide bonds. The standard InChI is InChI=1S/C24H26N4O4/c1-3-29-19-6-4-5-7-21(19)32-23-11-9-18(14-26-23)15-28-24(25-2)27-13-17-8-10-20-22(12-17)31-16-30-20/h4-12,14H,3,13,15-16H2,1-2H3,(H2,25,27,28). The van der Waals surface area contributed by atoms with Crippen molar-refractivity contribution >= 4 is 5.96 Å².